The maximum absolute atomic E-state index is 11.5. The van der Waals surface area contributed by atoms with Gasteiger partial charge < -0.3 is 4.74 Å². The van der Waals surface area contributed by atoms with E-state index in [0.717, 1.165) is 25.7 Å². The summed E-state index contributed by atoms with van der Waals surface area (Å²) < 4.78 is 4.82. The first-order valence-electron chi connectivity index (χ1n) is 5.16. The molecule has 0 N–H and O–H groups in total. The summed E-state index contributed by atoms with van der Waals surface area (Å²) in [7, 11) is 0. The van der Waals surface area contributed by atoms with Crippen molar-refractivity contribution in [1.82, 2.24) is 0 Å². The van der Waals surface area contributed by atoms with Gasteiger partial charge in [0.15, 0.2) is 5.78 Å². The molecule has 0 saturated heterocycles. The molecule has 1 aliphatic carbocycles. The Morgan fingerprint density at radius 1 is 1.43 bits per heavy atom. The van der Waals surface area contributed by atoms with Gasteiger partial charge in [-0.3, -0.25) is 4.79 Å². The number of esters is 1. The van der Waals surface area contributed by atoms with E-state index < -0.39 is 5.97 Å². The molecule has 0 aromatic carbocycles. The van der Waals surface area contributed by atoms with Crippen LogP contribution in [0.5, 0.6) is 0 Å². The van der Waals surface area contributed by atoms with Crippen molar-refractivity contribution in [3.05, 3.63) is 11.6 Å². The van der Waals surface area contributed by atoms with Gasteiger partial charge in [-0.05, 0) is 26.2 Å². The molecule has 0 amide bonds. The Bertz CT molecular complexity index is 253. The number of ether oxygens (including phenoxy) is 1. The van der Waals surface area contributed by atoms with Crippen LogP contribution in [0.15, 0.2) is 11.6 Å². The third-order valence-corrected chi connectivity index (χ3v) is 2.25. The highest BCUT2D eigenvalue weighted by molar-refractivity contribution is 6.17. The zero-order valence-corrected chi connectivity index (χ0v) is 8.54. The fourth-order valence-electron chi connectivity index (χ4n) is 1.51. The van der Waals surface area contributed by atoms with Crippen molar-refractivity contribution in [2.45, 2.75) is 39.0 Å². The van der Waals surface area contributed by atoms with Gasteiger partial charge >= 0.3 is 5.97 Å². The van der Waals surface area contributed by atoms with E-state index in [4.69, 9.17) is 4.74 Å². The minimum atomic E-state index is -0.459. The summed E-state index contributed by atoms with van der Waals surface area (Å²) in [5.74, 6) is -0.525. The predicted octanol–water partition coefficient (Wildman–Crippen LogP) is 2.01. The van der Waals surface area contributed by atoms with E-state index in [9.17, 15) is 9.59 Å². The molecule has 14 heavy (non-hydrogen) atoms. The number of allylic oxidation sites excluding steroid dienone is 1. The van der Waals surface area contributed by atoms with Crippen molar-refractivity contribution in [1.29, 1.82) is 0 Å². The van der Waals surface area contributed by atoms with E-state index in [1.54, 1.807) is 13.0 Å². The number of ketones is 1. The van der Waals surface area contributed by atoms with Crippen LogP contribution in [-0.4, -0.2) is 18.4 Å². The Hall–Kier alpha value is -1.12. The number of Topliss-reactive ketones (excluding diaryl/α,β-unsaturated/α-hetero) is 1. The molecule has 1 aliphatic rings. The fourth-order valence-corrected chi connectivity index (χ4v) is 1.51. The molecular formula is C11H16O3. The Balaban J connectivity index is 2.69. The molecule has 0 saturated carbocycles. The lowest BCUT2D eigenvalue weighted by molar-refractivity contribution is -0.140. The average molecular weight is 196 g/mol. The SMILES string of the molecule is CCOC(=O)/C1=C/CCCCCC1=O. The van der Waals surface area contributed by atoms with E-state index in [-0.39, 0.29) is 11.4 Å². The Morgan fingerprint density at radius 2 is 2.21 bits per heavy atom. The molecule has 0 aromatic rings. The molecular weight excluding hydrogens is 180 g/mol. The van der Waals surface area contributed by atoms with E-state index in [0.29, 0.717) is 13.0 Å². The zero-order chi connectivity index (χ0) is 10.4. The lowest BCUT2D eigenvalue weighted by atomic mass is 9.99. The minimum Gasteiger partial charge on any atom is -0.462 e. The molecule has 0 aliphatic heterocycles. The molecule has 0 aromatic heterocycles. The zero-order valence-electron chi connectivity index (χ0n) is 8.54. The summed E-state index contributed by atoms with van der Waals surface area (Å²) in [6, 6.07) is 0. The summed E-state index contributed by atoms with van der Waals surface area (Å²) in [6.45, 7) is 2.06. The second-order valence-corrected chi connectivity index (χ2v) is 3.36. The lowest BCUT2D eigenvalue weighted by Gasteiger charge is -2.09. The van der Waals surface area contributed by atoms with E-state index in [1.165, 1.54) is 0 Å². The summed E-state index contributed by atoms with van der Waals surface area (Å²) >= 11 is 0. The van der Waals surface area contributed by atoms with Crippen molar-refractivity contribution in [2.75, 3.05) is 6.61 Å². The quantitative estimate of drug-likeness (QED) is 0.501. The molecule has 0 radical (unpaired) electrons. The molecule has 78 valence electrons. The van der Waals surface area contributed by atoms with Crippen LogP contribution < -0.4 is 0 Å². The second kappa shape index (κ2) is 5.58. The van der Waals surface area contributed by atoms with Gasteiger partial charge in [0.25, 0.3) is 0 Å². The monoisotopic (exact) mass is 196 g/mol. The van der Waals surface area contributed by atoms with E-state index >= 15 is 0 Å². The lowest BCUT2D eigenvalue weighted by Crippen LogP contribution is -2.16. The van der Waals surface area contributed by atoms with Crippen molar-refractivity contribution in [3.8, 4) is 0 Å². The number of hydrogen-bond acceptors (Lipinski definition) is 3. The maximum Gasteiger partial charge on any atom is 0.341 e. The highest BCUT2D eigenvalue weighted by Crippen LogP contribution is 2.15. The average Bonchev–Trinajstić information content (AvgIpc) is 2.12. The Kier molecular flexibility index (Phi) is 4.36. The second-order valence-electron chi connectivity index (χ2n) is 3.36. The number of carbonyl (C=O) groups is 2. The van der Waals surface area contributed by atoms with Crippen LogP contribution in [0.3, 0.4) is 0 Å². The van der Waals surface area contributed by atoms with E-state index in [1.807, 2.05) is 0 Å². The summed E-state index contributed by atoms with van der Waals surface area (Å²) in [6.07, 6.45) is 6.01. The van der Waals surface area contributed by atoms with Crippen molar-refractivity contribution >= 4 is 11.8 Å². The van der Waals surface area contributed by atoms with Crippen LogP contribution in [-0.2, 0) is 14.3 Å². The van der Waals surface area contributed by atoms with Crippen molar-refractivity contribution < 1.29 is 14.3 Å². The van der Waals surface area contributed by atoms with Crippen molar-refractivity contribution in [3.63, 3.8) is 0 Å². The number of carbonyl (C=O) groups excluding carboxylic acids is 2. The normalized spacial score (nSPS) is 21.8. The van der Waals surface area contributed by atoms with Gasteiger partial charge in [-0.25, -0.2) is 4.79 Å². The first-order chi connectivity index (χ1) is 6.75. The molecule has 1 rings (SSSR count). The molecule has 0 heterocycles. The van der Waals surface area contributed by atoms with Crippen LogP contribution in [0.4, 0.5) is 0 Å². The van der Waals surface area contributed by atoms with Gasteiger partial charge in [0, 0.05) is 6.42 Å². The standard InChI is InChI=1S/C11H16O3/c1-2-14-11(13)9-7-5-3-4-6-8-10(9)12/h7H,2-6,8H2,1H3/b9-7+. The van der Waals surface area contributed by atoms with Gasteiger partial charge in [-0.2, -0.15) is 0 Å². The third-order valence-electron chi connectivity index (χ3n) is 2.25. The first kappa shape index (κ1) is 11.0. The largest absolute Gasteiger partial charge is 0.462 e. The van der Waals surface area contributed by atoms with Gasteiger partial charge in [0.05, 0.1) is 12.2 Å². The van der Waals surface area contributed by atoms with Crippen LogP contribution in [0, 0.1) is 0 Å². The van der Waals surface area contributed by atoms with Crippen LogP contribution in [0.1, 0.15) is 39.0 Å². The van der Waals surface area contributed by atoms with E-state index in [2.05, 4.69) is 0 Å². The summed E-state index contributed by atoms with van der Waals surface area (Å²) in [5.41, 5.74) is 0.256. The topological polar surface area (TPSA) is 43.4 Å². The highest BCUT2D eigenvalue weighted by Gasteiger charge is 2.19. The molecule has 0 fully saturated rings. The Morgan fingerprint density at radius 3 is 2.93 bits per heavy atom. The van der Waals surface area contributed by atoms with Crippen LogP contribution in [0.2, 0.25) is 0 Å². The summed E-state index contributed by atoms with van der Waals surface area (Å²) in [5, 5.41) is 0. The van der Waals surface area contributed by atoms with Crippen molar-refractivity contribution in [2.24, 2.45) is 0 Å². The van der Waals surface area contributed by atoms with Gasteiger partial charge in [-0.15, -0.1) is 0 Å². The van der Waals surface area contributed by atoms with Gasteiger partial charge in [0.2, 0.25) is 0 Å². The molecule has 3 nitrogen and oxygen atoms in total. The number of rotatable bonds is 2. The summed E-state index contributed by atoms with van der Waals surface area (Å²) in [4.78, 5) is 22.9. The van der Waals surface area contributed by atoms with Gasteiger partial charge in [-0.1, -0.05) is 12.5 Å². The Labute approximate surface area is 84.1 Å². The predicted molar refractivity (Wildman–Crippen MR) is 52.8 cm³/mol. The molecule has 0 atom stereocenters. The van der Waals surface area contributed by atoms with Crippen LogP contribution in [0.25, 0.3) is 0 Å². The first-order valence-corrected chi connectivity index (χ1v) is 5.16. The molecule has 0 bridgehead atoms. The molecule has 0 spiro atoms. The molecule has 3 heteroatoms. The maximum atomic E-state index is 11.5. The number of hydrogen-bond donors (Lipinski definition) is 0. The fraction of sp³-hybridized carbons (Fsp3) is 0.636. The molecule has 0 unspecified atom stereocenters. The smallest absolute Gasteiger partial charge is 0.341 e. The minimum absolute atomic E-state index is 0.0665. The van der Waals surface area contributed by atoms with Crippen LogP contribution >= 0.6 is 0 Å². The van der Waals surface area contributed by atoms with Gasteiger partial charge in [0.1, 0.15) is 0 Å². The third kappa shape index (κ3) is 2.98. The highest BCUT2D eigenvalue weighted by atomic mass is 16.5.